The monoisotopic (exact) mass is 505 g/mol. The number of benzene rings is 2. The fraction of sp³-hybridized carbons (Fsp3) is 0.407. The van der Waals surface area contributed by atoms with Crippen LogP contribution < -0.4 is 4.74 Å². The summed E-state index contributed by atoms with van der Waals surface area (Å²) in [5, 5.41) is 10.2. The molecule has 0 spiro atoms. The average molecular weight is 506 g/mol. The molecule has 35 heavy (non-hydrogen) atoms. The van der Waals surface area contributed by atoms with Crippen LogP contribution in [0.3, 0.4) is 0 Å². The first-order chi connectivity index (χ1) is 16.6. The fourth-order valence-corrected chi connectivity index (χ4v) is 4.82. The number of ether oxygens (including phenoxy) is 1. The molecule has 0 aliphatic rings. The molecule has 1 aromatic heterocycles. The van der Waals surface area contributed by atoms with Gasteiger partial charge in [-0.25, -0.2) is 4.98 Å². The SMILES string of the molecule is CCCCCC(Cc1ccc(OCc2sc(-c3ccc(C(F)(F)F)cc3)nc2C)cc1C)C(=O)O. The second-order valence-electron chi connectivity index (χ2n) is 8.71. The number of carbonyl (C=O) groups is 1. The largest absolute Gasteiger partial charge is 0.488 e. The average Bonchev–Trinajstić information content (AvgIpc) is 3.18. The highest BCUT2D eigenvalue weighted by Gasteiger charge is 2.30. The van der Waals surface area contributed by atoms with Crippen LogP contribution in [-0.4, -0.2) is 16.1 Å². The first-order valence-corrected chi connectivity index (χ1v) is 12.5. The van der Waals surface area contributed by atoms with Crippen molar-refractivity contribution in [3.8, 4) is 16.3 Å². The molecule has 0 aliphatic heterocycles. The summed E-state index contributed by atoms with van der Waals surface area (Å²) in [4.78, 5) is 17.0. The lowest BCUT2D eigenvalue weighted by Crippen LogP contribution is -2.17. The third-order valence-corrected chi connectivity index (χ3v) is 7.19. The maximum Gasteiger partial charge on any atom is 0.416 e. The standard InChI is InChI=1S/C27H30F3NO3S/c1-4-5-6-7-21(26(32)33)15-20-10-13-23(14-17(20)2)34-16-24-18(3)31-25(35-24)19-8-11-22(12-9-19)27(28,29)30/h8-14,21H,4-7,15-16H2,1-3H3,(H,32,33). The van der Waals surface area contributed by atoms with Gasteiger partial charge in [0, 0.05) is 5.56 Å². The maximum absolute atomic E-state index is 12.8. The minimum Gasteiger partial charge on any atom is -0.488 e. The van der Waals surface area contributed by atoms with Gasteiger partial charge in [-0.15, -0.1) is 11.3 Å². The zero-order chi connectivity index (χ0) is 25.6. The summed E-state index contributed by atoms with van der Waals surface area (Å²) in [5.41, 5.74) is 2.70. The quantitative estimate of drug-likeness (QED) is 0.270. The van der Waals surface area contributed by atoms with Gasteiger partial charge in [-0.2, -0.15) is 13.2 Å². The van der Waals surface area contributed by atoms with E-state index in [2.05, 4.69) is 11.9 Å². The van der Waals surface area contributed by atoms with Gasteiger partial charge in [0.1, 0.15) is 17.4 Å². The molecule has 3 rings (SSSR count). The Kier molecular flexibility index (Phi) is 8.94. The van der Waals surface area contributed by atoms with Crippen molar-refractivity contribution in [2.24, 2.45) is 5.92 Å². The topological polar surface area (TPSA) is 59.4 Å². The molecular weight excluding hydrogens is 475 g/mol. The molecule has 0 bridgehead atoms. The highest BCUT2D eigenvalue weighted by atomic mass is 32.1. The molecule has 1 unspecified atom stereocenters. The van der Waals surface area contributed by atoms with Crippen LogP contribution >= 0.6 is 11.3 Å². The van der Waals surface area contributed by atoms with Gasteiger partial charge in [0.25, 0.3) is 0 Å². The normalized spacial score (nSPS) is 12.5. The van der Waals surface area contributed by atoms with Crippen molar-refractivity contribution in [1.82, 2.24) is 4.98 Å². The van der Waals surface area contributed by atoms with Crippen LogP contribution in [0.5, 0.6) is 5.75 Å². The van der Waals surface area contributed by atoms with E-state index >= 15 is 0 Å². The van der Waals surface area contributed by atoms with E-state index in [-0.39, 0.29) is 6.61 Å². The zero-order valence-electron chi connectivity index (χ0n) is 20.1. The number of aromatic nitrogens is 1. The van der Waals surface area contributed by atoms with Crippen LogP contribution in [-0.2, 0) is 24.0 Å². The number of alkyl halides is 3. The van der Waals surface area contributed by atoms with Gasteiger partial charge in [-0.05, 0) is 62.1 Å². The van der Waals surface area contributed by atoms with Crippen molar-refractivity contribution in [3.05, 3.63) is 69.7 Å². The van der Waals surface area contributed by atoms with Crippen LogP contribution in [0.4, 0.5) is 13.2 Å². The zero-order valence-corrected chi connectivity index (χ0v) is 20.9. The van der Waals surface area contributed by atoms with Gasteiger partial charge in [0.05, 0.1) is 22.1 Å². The van der Waals surface area contributed by atoms with Gasteiger partial charge in [0.15, 0.2) is 0 Å². The van der Waals surface area contributed by atoms with Crippen LogP contribution in [0, 0.1) is 19.8 Å². The van der Waals surface area contributed by atoms with Gasteiger partial charge >= 0.3 is 12.1 Å². The summed E-state index contributed by atoms with van der Waals surface area (Å²) < 4.78 is 44.4. The summed E-state index contributed by atoms with van der Waals surface area (Å²) in [6, 6.07) is 10.7. The van der Waals surface area contributed by atoms with Crippen molar-refractivity contribution < 1.29 is 27.8 Å². The number of thiazole rings is 1. The molecule has 1 heterocycles. The summed E-state index contributed by atoms with van der Waals surface area (Å²) in [6.07, 6.45) is -0.193. The van der Waals surface area contributed by atoms with Crippen molar-refractivity contribution in [2.75, 3.05) is 0 Å². The third kappa shape index (κ3) is 7.31. The Bertz CT molecular complexity index is 1140. The van der Waals surface area contributed by atoms with E-state index in [9.17, 15) is 23.1 Å². The van der Waals surface area contributed by atoms with Crippen molar-refractivity contribution in [1.29, 1.82) is 0 Å². The van der Waals surface area contributed by atoms with E-state index in [1.807, 2.05) is 32.0 Å². The van der Waals surface area contributed by atoms with Crippen LogP contribution in [0.2, 0.25) is 0 Å². The minimum atomic E-state index is -4.37. The lowest BCUT2D eigenvalue weighted by atomic mass is 9.92. The molecule has 3 aromatic rings. The summed E-state index contributed by atoms with van der Waals surface area (Å²) in [7, 11) is 0. The summed E-state index contributed by atoms with van der Waals surface area (Å²) >= 11 is 1.39. The van der Waals surface area contributed by atoms with E-state index in [0.29, 0.717) is 29.2 Å². The van der Waals surface area contributed by atoms with Crippen LogP contribution in [0.25, 0.3) is 10.6 Å². The van der Waals surface area contributed by atoms with E-state index in [1.54, 1.807) is 0 Å². The van der Waals surface area contributed by atoms with E-state index in [0.717, 1.165) is 53.1 Å². The minimum absolute atomic E-state index is 0.289. The molecule has 1 N–H and O–H groups in total. The molecule has 2 aromatic carbocycles. The lowest BCUT2D eigenvalue weighted by Gasteiger charge is -2.15. The molecule has 8 heteroatoms. The maximum atomic E-state index is 12.8. The molecule has 0 saturated heterocycles. The molecule has 0 aliphatic carbocycles. The van der Waals surface area contributed by atoms with Crippen molar-refractivity contribution in [3.63, 3.8) is 0 Å². The summed E-state index contributed by atoms with van der Waals surface area (Å²) in [5.74, 6) is -0.478. The van der Waals surface area contributed by atoms with Crippen molar-refractivity contribution in [2.45, 2.75) is 65.7 Å². The first kappa shape index (κ1) is 26.7. The molecule has 188 valence electrons. The number of halogens is 3. The number of nitrogens with zero attached hydrogens (tertiary/aromatic N) is 1. The van der Waals surface area contributed by atoms with Crippen LogP contribution in [0.15, 0.2) is 42.5 Å². The number of hydrogen-bond donors (Lipinski definition) is 1. The Labute approximate surface area is 207 Å². The molecular formula is C27H30F3NO3S. The fourth-order valence-electron chi connectivity index (χ4n) is 3.84. The van der Waals surface area contributed by atoms with Gasteiger partial charge in [-0.3, -0.25) is 4.79 Å². The number of carboxylic acid groups (broad SMARTS) is 1. The molecule has 0 radical (unpaired) electrons. The third-order valence-electron chi connectivity index (χ3n) is 6.01. The first-order valence-electron chi connectivity index (χ1n) is 11.7. The predicted molar refractivity (Wildman–Crippen MR) is 132 cm³/mol. The second-order valence-corrected chi connectivity index (χ2v) is 9.80. The predicted octanol–water partition coefficient (Wildman–Crippen LogP) is 7.85. The number of carboxylic acids is 1. The van der Waals surface area contributed by atoms with Gasteiger partial charge in [0.2, 0.25) is 0 Å². The number of aliphatic carboxylic acids is 1. The van der Waals surface area contributed by atoms with Crippen molar-refractivity contribution >= 4 is 17.3 Å². The summed E-state index contributed by atoms with van der Waals surface area (Å²) in [6.45, 7) is 6.19. The van der Waals surface area contributed by atoms with Gasteiger partial charge < -0.3 is 9.84 Å². The molecule has 0 saturated carbocycles. The smallest absolute Gasteiger partial charge is 0.416 e. The second kappa shape index (κ2) is 11.7. The number of unbranched alkanes of at least 4 members (excludes halogenated alkanes) is 2. The molecule has 0 fully saturated rings. The van der Waals surface area contributed by atoms with Gasteiger partial charge in [-0.1, -0.05) is 44.4 Å². The van der Waals surface area contributed by atoms with E-state index in [4.69, 9.17) is 4.74 Å². The lowest BCUT2D eigenvalue weighted by molar-refractivity contribution is -0.142. The number of aryl methyl sites for hydroxylation is 2. The highest BCUT2D eigenvalue weighted by molar-refractivity contribution is 7.15. The Morgan fingerprint density at radius 3 is 2.43 bits per heavy atom. The van der Waals surface area contributed by atoms with Crippen LogP contribution in [0.1, 0.15) is 59.9 Å². The Hall–Kier alpha value is -2.87. The Morgan fingerprint density at radius 1 is 1.11 bits per heavy atom. The number of rotatable bonds is 11. The van der Waals surface area contributed by atoms with E-state index < -0.39 is 23.6 Å². The molecule has 4 nitrogen and oxygen atoms in total. The Morgan fingerprint density at radius 2 is 1.83 bits per heavy atom. The Balaban J connectivity index is 1.64. The molecule has 1 atom stereocenters. The highest BCUT2D eigenvalue weighted by Crippen LogP contribution is 2.33. The van der Waals surface area contributed by atoms with E-state index in [1.165, 1.54) is 23.5 Å². The molecule has 0 amide bonds. The number of hydrogen-bond acceptors (Lipinski definition) is 4.